The third kappa shape index (κ3) is 7.79. The molecule has 0 atom stereocenters. The number of benzene rings is 2. The summed E-state index contributed by atoms with van der Waals surface area (Å²) in [6, 6.07) is 16.6. The molecule has 0 radical (unpaired) electrons. The fourth-order valence-corrected chi connectivity index (χ4v) is 7.25. The summed E-state index contributed by atoms with van der Waals surface area (Å²) in [5.74, 6) is 1.00. The third-order valence-electron chi connectivity index (χ3n) is 6.82. The topological polar surface area (TPSA) is 78.0 Å². The van der Waals surface area contributed by atoms with E-state index in [1.54, 1.807) is 41.5 Å². The van der Waals surface area contributed by atoms with Crippen molar-refractivity contribution in [3.05, 3.63) is 65.9 Å². The summed E-state index contributed by atoms with van der Waals surface area (Å²) in [7, 11) is 3.80. The van der Waals surface area contributed by atoms with Crippen LogP contribution in [0.4, 0.5) is 37.9 Å². The van der Waals surface area contributed by atoms with E-state index < -0.39 is 0 Å². The van der Waals surface area contributed by atoms with Gasteiger partial charge in [0.2, 0.25) is 5.13 Å². The molecule has 0 aliphatic carbocycles. The number of aromatic nitrogens is 1. The van der Waals surface area contributed by atoms with Crippen LogP contribution in [-0.2, 0) is 4.74 Å². The molecule has 1 aliphatic rings. The number of hydrogen-bond donors (Lipinski definition) is 0. The second kappa shape index (κ2) is 14.2. The molecule has 8 nitrogen and oxygen atoms in total. The molecule has 1 aliphatic heterocycles. The second-order valence-electron chi connectivity index (χ2n) is 9.86. The van der Waals surface area contributed by atoms with E-state index in [9.17, 15) is 0 Å². The molecule has 0 N–H and O–H groups in total. The van der Waals surface area contributed by atoms with Crippen molar-refractivity contribution in [3.8, 4) is 0 Å². The molecule has 0 spiro atoms. The SMILES string of the molecule is COCCCSc1cnc(/N=N/c2ccc(N(C)c3ccc(/N=N/c4ccc(N5CCCC5)s4)cc3C)cc2C)s1. The number of rotatable bonds is 12. The molecule has 4 aromatic rings. The number of thiazole rings is 1. The van der Waals surface area contributed by atoms with Crippen LogP contribution >= 0.6 is 34.4 Å². The molecular weight excluding hydrogens is 571 g/mol. The molecule has 0 bridgehead atoms. The van der Waals surface area contributed by atoms with Crippen molar-refractivity contribution in [2.24, 2.45) is 20.5 Å². The van der Waals surface area contributed by atoms with Crippen molar-refractivity contribution in [1.29, 1.82) is 0 Å². The Morgan fingerprint density at radius 2 is 1.80 bits per heavy atom. The molecular formula is C30H35N7OS3. The minimum absolute atomic E-state index is 0.666. The van der Waals surface area contributed by atoms with E-state index in [1.165, 1.54) is 17.8 Å². The van der Waals surface area contributed by atoms with E-state index in [0.717, 1.165) is 75.0 Å². The van der Waals surface area contributed by atoms with Crippen LogP contribution in [0.1, 0.15) is 30.4 Å². The van der Waals surface area contributed by atoms with Crippen LogP contribution in [0, 0.1) is 13.8 Å². The normalized spacial score (nSPS) is 13.7. The van der Waals surface area contributed by atoms with Crippen molar-refractivity contribution in [2.45, 2.75) is 37.3 Å². The van der Waals surface area contributed by atoms with Crippen LogP contribution in [0.25, 0.3) is 0 Å². The molecule has 5 rings (SSSR count). The van der Waals surface area contributed by atoms with Gasteiger partial charge < -0.3 is 14.5 Å². The quantitative estimate of drug-likeness (QED) is 0.0912. The lowest BCUT2D eigenvalue weighted by molar-refractivity contribution is 0.200. The molecule has 41 heavy (non-hydrogen) atoms. The minimum Gasteiger partial charge on any atom is -0.385 e. The van der Waals surface area contributed by atoms with E-state index in [0.29, 0.717) is 5.13 Å². The first-order valence-electron chi connectivity index (χ1n) is 13.7. The Kier molecular flexibility index (Phi) is 10.2. The number of thiophene rings is 1. The predicted molar refractivity (Wildman–Crippen MR) is 174 cm³/mol. The Bertz CT molecular complexity index is 1510. The first kappa shape index (κ1) is 29.4. The number of anilines is 3. The van der Waals surface area contributed by atoms with Crippen LogP contribution in [0.3, 0.4) is 0 Å². The highest BCUT2D eigenvalue weighted by molar-refractivity contribution is 8.01. The fraction of sp³-hybridized carbons (Fsp3) is 0.367. The van der Waals surface area contributed by atoms with Gasteiger partial charge in [0.1, 0.15) is 5.00 Å². The van der Waals surface area contributed by atoms with Gasteiger partial charge in [0.15, 0.2) is 0 Å². The number of nitrogens with zero attached hydrogens (tertiary/aromatic N) is 7. The van der Waals surface area contributed by atoms with Gasteiger partial charge >= 0.3 is 0 Å². The number of methoxy groups -OCH3 is 1. The van der Waals surface area contributed by atoms with Crippen LogP contribution < -0.4 is 9.80 Å². The largest absolute Gasteiger partial charge is 0.385 e. The first-order valence-corrected chi connectivity index (χ1v) is 16.3. The van der Waals surface area contributed by atoms with Gasteiger partial charge in [-0.1, -0.05) is 22.7 Å². The van der Waals surface area contributed by atoms with E-state index in [2.05, 4.69) is 92.5 Å². The van der Waals surface area contributed by atoms with Gasteiger partial charge in [0, 0.05) is 51.0 Å². The molecule has 1 saturated heterocycles. The smallest absolute Gasteiger partial charge is 0.230 e. The lowest BCUT2D eigenvalue weighted by Crippen LogP contribution is -2.15. The number of aryl methyl sites for hydroxylation is 2. The van der Waals surface area contributed by atoms with Crippen molar-refractivity contribution < 1.29 is 4.74 Å². The predicted octanol–water partition coefficient (Wildman–Crippen LogP) is 10.1. The number of ether oxygens (including phenoxy) is 1. The lowest BCUT2D eigenvalue weighted by Gasteiger charge is -2.22. The van der Waals surface area contributed by atoms with Gasteiger partial charge in [-0.05, 0) is 92.8 Å². The van der Waals surface area contributed by atoms with Crippen LogP contribution in [0.15, 0.2) is 79.4 Å². The summed E-state index contributed by atoms with van der Waals surface area (Å²) in [5, 5.41) is 20.7. The average Bonchev–Trinajstić information content (AvgIpc) is 3.76. The third-order valence-corrected chi connectivity index (χ3v) is 10.0. The Morgan fingerprint density at radius 3 is 2.59 bits per heavy atom. The van der Waals surface area contributed by atoms with Crippen molar-refractivity contribution in [1.82, 2.24) is 4.98 Å². The maximum Gasteiger partial charge on any atom is 0.230 e. The molecule has 0 amide bonds. The second-order valence-corrected chi connectivity index (χ2v) is 13.3. The minimum atomic E-state index is 0.666. The Morgan fingerprint density at radius 1 is 0.951 bits per heavy atom. The van der Waals surface area contributed by atoms with Crippen molar-refractivity contribution >= 4 is 72.3 Å². The maximum atomic E-state index is 5.11. The van der Waals surface area contributed by atoms with Crippen LogP contribution in [0.2, 0.25) is 0 Å². The summed E-state index contributed by atoms with van der Waals surface area (Å²) in [5.41, 5.74) is 6.06. The average molecular weight is 606 g/mol. The Hall–Kier alpha value is -3.12. The zero-order chi connectivity index (χ0) is 28.6. The van der Waals surface area contributed by atoms with Gasteiger partial charge in [-0.3, -0.25) is 0 Å². The van der Waals surface area contributed by atoms with Gasteiger partial charge in [0.05, 0.1) is 26.8 Å². The summed E-state index contributed by atoms with van der Waals surface area (Å²) in [4.78, 5) is 9.00. The Balaban J connectivity index is 1.20. The van der Waals surface area contributed by atoms with Crippen molar-refractivity contribution in [3.63, 3.8) is 0 Å². The van der Waals surface area contributed by atoms with Gasteiger partial charge in [-0.25, -0.2) is 4.98 Å². The van der Waals surface area contributed by atoms with Crippen molar-refractivity contribution in [2.75, 3.05) is 49.4 Å². The summed E-state index contributed by atoms with van der Waals surface area (Å²) < 4.78 is 6.25. The molecule has 11 heteroatoms. The number of thioether (sulfide) groups is 1. The van der Waals surface area contributed by atoms with E-state index in [4.69, 9.17) is 4.74 Å². The Labute approximate surface area is 254 Å². The van der Waals surface area contributed by atoms with Crippen LogP contribution in [-0.4, -0.2) is 44.6 Å². The zero-order valence-corrected chi connectivity index (χ0v) is 26.4. The zero-order valence-electron chi connectivity index (χ0n) is 23.9. The van der Waals surface area contributed by atoms with E-state index in [1.807, 2.05) is 18.3 Å². The summed E-state index contributed by atoms with van der Waals surface area (Å²) in [6.07, 6.45) is 5.42. The van der Waals surface area contributed by atoms with E-state index in [-0.39, 0.29) is 0 Å². The molecule has 2 aromatic heterocycles. The van der Waals surface area contributed by atoms with E-state index >= 15 is 0 Å². The maximum absolute atomic E-state index is 5.11. The number of hydrogen-bond acceptors (Lipinski definition) is 11. The lowest BCUT2D eigenvalue weighted by atomic mass is 10.1. The van der Waals surface area contributed by atoms with Gasteiger partial charge in [-0.2, -0.15) is 0 Å². The molecule has 214 valence electrons. The van der Waals surface area contributed by atoms with Gasteiger partial charge in [0.25, 0.3) is 0 Å². The molecule has 0 saturated carbocycles. The first-order chi connectivity index (χ1) is 20.0. The fourth-order valence-electron chi connectivity index (χ4n) is 4.60. The highest BCUT2D eigenvalue weighted by Gasteiger charge is 2.14. The molecule has 3 heterocycles. The molecule has 0 unspecified atom stereocenters. The van der Waals surface area contributed by atoms with Crippen LogP contribution in [0.5, 0.6) is 0 Å². The molecule has 2 aromatic carbocycles. The molecule has 1 fully saturated rings. The highest BCUT2D eigenvalue weighted by Crippen LogP contribution is 2.37. The summed E-state index contributed by atoms with van der Waals surface area (Å²) >= 11 is 5.04. The number of azo groups is 2. The summed E-state index contributed by atoms with van der Waals surface area (Å²) in [6.45, 7) is 7.21. The standard InChI is InChI=1S/C30H35N7OS3/c1-21-19-24(9-10-25(21)33-35-30-31-20-29(41-30)39-17-7-16-38-4)36(3)26-11-8-23(18-22(26)2)32-34-27-12-13-28(40-27)37-14-5-6-15-37/h8-13,18-20H,5-7,14-17H2,1-4H3/b34-32+,35-33+. The monoisotopic (exact) mass is 605 g/mol. The van der Waals surface area contributed by atoms with Gasteiger partial charge in [-0.15, -0.1) is 32.2 Å². The highest BCUT2D eigenvalue weighted by atomic mass is 32.2.